The van der Waals surface area contributed by atoms with E-state index in [2.05, 4.69) is 77.1 Å². The van der Waals surface area contributed by atoms with Crippen molar-refractivity contribution in [3.8, 4) is 46.1 Å². The van der Waals surface area contributed by atoms with Crippen LogP contribution in [-0.2, 0) is 19.1 Å². The molecule has 0 aliphatic carbocycles. The highest BCUT2D eigenvalue weighted by atomic mass is 35.5. The zero-order valence-corrected chi connectivity index (χ0v) is 30.0. The van der Waals surface area contributed by atoms with Crippen molar-refractivity contribution in [2.75, 3.05) is 17.2 Å². The fourth-order valence-electron chi connectivity index (χ4n) is 4.11. The van der Waals surface area contributed by atoms with Crippen molar-refractivity contribution < 1.29 is 37.3 Å². The highest BCUT2D eigenvalue weighted by molar-refractivity contribution is 5.92. The standard InChI is InChI=1S/C20H21N7O3.C14H12N8O.ClH/c1-20(2,3)30-17(29)10-9-16(28)23-13-7-8-15(22-12-13)19-26-24-18(25-27-19)14-6-4-5-11-21-14;15-7-12(23)18-9-4-5-11(17-8-9)14-21-19-13(20-22-14)10-3-1-2-6-16-10;/h4-8,11-12H,9-10H2,1-3H3,(H,23,28);1-6,8H,7,15H2,(H,18,23);1H. The lowest BCUT2D eigenvalue weighted by Gasteiger charge is -2.19. The first-order valence-corrected chi connectivity index (χ1v) is 16.1. The Morgan fingerprint density at radius 1 is 0.574 bits per heavy atom. The smallest absolute Gasteiger partial charge is 0.306 e. The van der Waals surface area contributed by atoms with Crippen molar-refractivity contribution in [1.82, 2.24) is 60.7 Å². The molecule has 6 heterocycles. The van der Waals surface area contributed by atoms with Crippen LogP contribution < -0.4 is 28.8 Å². The maximum atomic E-state index is 12.0. The van der Waals surface area contributed by atoms with Crippen LogP contribution in [0.4, 0.5) is 11.4 Å². The van der Waals surface area contributed by atoms with Crippen LogP contribution in [0.15, 0.2) is 85.5 Å². The van der Waals surface area contributed by atoms with Crippen molar-refractivity contribution in [1.29, 1.82) is 0 Å². The molecule has 0 saturated carbocycles. The van der Waals surface area contributed by atoms with E-state index in [0.717, 1.165) is 0 Å². The number of pyridine rings is 4. The van der Waals surface area contributed by atoms with E-state index in [1.807, 2.05) is 12.1 Å². The normalized spacial score (nSPS) is 10.5. The number of quaternary nitrogens is 1. The van der Waals surface area contributed by atoms with Gasteiger partial charge in [0, 0.05) is 18.8 Å². The highest BCUT2D eigenvalue weighted by Gasteiger charge is 2.17. The largest absolute Gasteiger partial charge is 1.00 e. The van der Waals surface area contributed by atoms with E-state index in [1.54, 1.807) is 81.7 Å². The molecule has 19 nitrogen and oxygen atoms in total. The molecule has 0 radical (unpaired) electrons. The Labute approximate surface area is 314 Å². The third-order valence-electron chi connectivity index (χ3n) is 6.50. The summed E-state index contributed by atoms with van der Waals surface area (Å²) >= 11 is 0. The highest BCUT2D eigenvalue weighted by Crippen LogP contribution is 2.17. The van der Waals surface area contributed by atoms with E-state index in [9.17, 15) is 14.4 Å². The quantitative estimate of drug-likeness (QED) is 0.142. The number of rotatable bonds is 10. The molecule has 6 aromatic heterocycles. The summed E-state index contributed by atoms with van der Waals surface area (Å²) in [6.45, 7) is 5.49. The zero-order chi connectivity index (χ0) is 37.6. The predicted octanol–water partition coefficient (Wildman–Crippen LogP) is -0.974. The minimum Gasteiger partial charge on any atom is -1.00 e. The Kier molecular flexibility index (Phi) is 14.1. The number of hydrogen-bond acceptors (Lipinski definition) is 16. The topological polar surface area (TPSA) is 267 Å². The molecule has 0 aromatic carbocycles. The molecule has 0 atom stereocenters. The van der Waals surface area contributed by atoms with Crippen LogP contribution in [0.5, 0.6) is 0 Å². The lowest BCUT2D eigenvalue weighted by molar-refractivity contribution is -0.353. The molecular formula is C34H34ClN15O4. The number of anilines is 2. The zero-order valence-electron chi connectivity index (χ0n) is 29.3. The summed E-state index contributed by atoms with van der Waals surface area (Å²) in [4.78, 5) is 51.6. The lowest BCUT2D eigenvalue weighted by atomic mass is 10.2. The molecule has 20 heteroatoms. The average molecular weight is 752 g/mol. The molecule has 0 aliphatic rings. The van der Waals surface area contributed by atoms with Gasteiger partial charge in [-0.05, 0) is 69.3 Å². The van der Waals surface area contributed by atoms with Gasteiger partial charge in [-0.25, -0.2) is 0 Å². The van der Waals surface area contributed by atoms with Crippen molar-refractivity contribution in [2.24, 2.45) is 0 Å². The third-order valence-corrected chi connectivity index (χ3v) is 6.50. The minimum atomic E-state index is -0.574. The Morgan fingerprint density at radius 3 is 1.31 bits per heavy atom. The van der Waals surface area contributed by atoms with Crippen LogP contribution in [0.3, 0.4) is 0 Å². The van der Waals surface area contributed by atoms with Gasteiger partial charge in [-0.1, -0.05) is 12.1 Å². The second kappa shape index (κ2) is 19.1. The SMILES string of the molecule is CC(C)(C)OC(=O)CCC(=O)Nc1ccc(-c2nnc(-c3ccccn3)nn2)nc1.[Cl-].[NH3+]CC(=O)Nc1ccc(-c2nnc(-c3ccccn3)nn2)nc1. The predicted molar refractivity (Wildman–Crippen MR) is 188 cm³/mol. The van der Waals surface area contributed by atoms with Gasteiger partial charge in [0.2, 0.25) is 29.2 Å². The molecule has 0 spiro atoms. The van der Waals surface area contributed by atoms with Crippen LogP contribution in [0.2, 0.25) is 0 Å². The van der Waals surface area contributed by atoms with Gasteiger partial charge in [-0.2, -0.15) is 0 Å². The van der Waals surface area contributed by atoms with E-state index in [4.69, 9.17) is 4.74 Å². The van der Waals surface area contributed by atoms with Crippen molar-refractivity contribution in [3.63, 3.8) is 0 Å². The van der Waals surface area contributed by atoms with Gasteiger partial charge in [0.05, 0.1) is 30.2 Å². The van der Waals surface area contributed by atoms with Gasteiger partial charge in [-0.3, -0.25) is 34.3 Å². The first kappa shape index (κ1) is 39.9. The van der Waals surface area contributed by atoms with Crippen LogP contribution in [0, 0.1) is 0 Å². The number of carbonyl (C=O) groups excluding carboxylic acids is 3. The number of amides is 2. The molecular weight excluding hydrogens is 718 g/mol. The van der Waals surface area contributed by atoms with Gasteiger partial charge >= 0.3 is 5.97 Å². The van der Waals surface area contributed by atoms with Crippen LogP contribution in [0.25, 0.3) is 46.1 Å². The van der Waals surface area contributed by atoms with E-state index < -0.39 is 11.6 Å². The van der Waals surface area contributed by atoms with Crippen molar-refractivity contribution in [2.45, 2.75) is 39.2 Å². The molecule has 0 fully saturated rings. The summed E-state index contributed by atoms with van der Waals surface area (Å²) in [5, 5.41) is 37.5. The molecule has 2 amide bonds. The second-order valence-corrected chi connectivity index (χ2v) is 11.8. The molecule has 0 saturated heterocycles. The molecule has 54 heavy (non-hydrogen) atoms. The summed E-state index contributed by atoms with van der Waals surface area (Å²) in [5.74, 6) is 0.282. The number of aromatic nitrogens is 12. The molecule has 0 bridgehead atoms. The first-order chi connectivity index (χ1) is 25.6. The summed E-state index contributed by atoms with van der Waals surface area (Å²) in [7, 11) is 0. The number of halogens is 1. The first-order valence-electron chi connectivity index (χ1n) is 16.1. The van der Waals surface area contributed by atoms with E-state index in [1.165, 1.54) is 12.4 Å². The van der Waals surface area contributed by atoms with Crippen LogP contribution in [-0.4, -0.2) is 90.7 Å². The fourth-order valence-corrected chi connectivity index (χ4v) is 4.11. The van der Waals surface area contributed by atoms with Crippen LogP contribution >= 0.6 is 0 Å². The van der Waals surface area contributed by atoms with Crippen LogP contribution in [0.1, 0.15) is 33.6 Å². The Morgan fingerprint density at radius 2 is 0.981 bits per heavy atom. The maximum Gasteiger partial charge on any atom is 0.306 e. The number of nitrogens with zero attached hydrogens (tertiary/aromatic N) is 12. The fraction of sp³-hybridized carbons (Fsp3) is 0.206. The number of carbonyl (C=O) groups is 3. The Bertz CT molecular complexity index is 2110. The van der Waals surface area contributed by atoms with E-state index in [0.29, 0.717) is 51.6 Å². The molecule has 276 valence electrons. The molecule has 0 aliphatic heterocycles. The van der Waals surface area contributed by atoms with Gasteiger partial charge in [0.15, 0.2) is 6.54 Å². The molecule has 0 unspecified atom stereocenters. The summed E-state index contributed by atoms with van der Waals surface area (Å²) < 4.78 is 5.18. The number of ether oxygens (including phenoxy) is 1. The summed E-state index contributed by atoms with van der Waals surface area (Å²) in [6, 6.07) is 17.5. The molecule has 6 rings (SSSR count). The van der Waals surface area contributed by atoms with Gasteiger partial charge in [0.1, 0.15) is 28.4 Å². The van der Waals surface area contributed by atoms with Crippen molar-refractivity contribution >= 4 is 29.2 Å². The van der Waals surface area contributed by atoms with E-state index in [-0.39, 0.29) is 49.4 Å². The van der Waals surface area contributed by atoms with E-state index >= 15 is 0 Å². The Hall–Kier alpha value is -6.86. The van der Waals surface area contributed by atoms with Gasteiger partial charge in [0.25, 0.3) is 5.91 Å². The number of nitrogens with one attached hydrogen (secondary N) is 2. The monoisotopic (exact) mass is 751 g/mol. The van der Waals surface area contributed by atoms with Gasteiger partial charge < -0.3 is 33.5 Å². The second-order valence-electron chi connectivity index (χ2n) is 11.8. The summed E-state index contributed by atoms with van der Waals surface area (Å²) in [5.41, 5.74) is 6.12. The molecule has 6 aromatic rings. The van der Waals surface area contributed by atoms with Gasteiger partial charge in [-0.15, -0.1) is 40.8 Å². The average Bonchev–Trinajstić information content (AvgIpc) is 3.18. The molecule has 5 N–H and O–H groups in total. The van der Waals surface area contributed by atoms with Crippen molar-refractivity contribution in [3.05, 3.63) is 85.5 Å². The third kappa shape index (κ3) is 12.1. The lowest BCUT2D eigenvalue weighted by Crippen LogP contribution is -3.00. The number of esters is 1. The Balaban J connectivity index is 0.000000244. The summed E-state index contributed by atoms with van der Waals surface area (Å²) in [6.07, 6.45) is 6.28. The maximum absolute atomic E-state index is 12.0. The number of hydrogen-bond donors (Lipinski definition) is 3. The minimum absolute atomic E-state index is 0.